The predicted octanol–water partition coefficient (Wildman–Crippen LogP) is 4.24. The van der Waals surface area contributed by atoms with Gasteiger partial charge >= 0.3 is 6.03 Å². The maximum Gasteiger partial charge on any atom is 0.319 e. The van der Waals surface area contributed by atoms with E-state index >= 15 is 0 Å². The Kier molecular flexibility index (Phi) is 5.25. The molecule has 2 N–H and O–H groups in total. The zero-order valence-electron chi connectivity index (χ0n) is 12.3. The monoisotopic (exact) mass is 370 g/mol. The van der Waals surface area contributed by atoms with Gasteiger partial charge in [0.2, 0.25) is 0 Å². The molecule has 1 aromatic heterocycles. The van der Waals surface area contributed by atoms with Crippen LogP contribution in [0.25, 0.3) is 0 Å². The van der Waals surface area contributed by atoms with Crippen LogP contribution in [0.15, 0.2) is 29.8 Å². The number of carbonyl (C=O) groups is 1. The molecule has 122 valence electrons. The number of anilines is 2. The number of thiazole rings is 1. The highest BCUT2D eigenvalue weighted by atomic mass is 35.5. The molecule has 1 unspecified atom stereocenters. The number of aromatic nitrogens is 1. The Morgan fingerprint density at radius 1 is 1.39 bits per heavy atom. The summed E-state index contributed by atoms with van der Waals surface area (Å²) in [4.78, 5) is 18.6. The Morgan fingerprint density at radius 3 is 3.00 bits per heavy atom. The molecule has 1 aliphatic rings. The Balaban J connectivity index is 1.53. The molecular weight excluding hydrogens is 355 g/mol. The Bertz CT molecular complexity index is 680. The lowest BCUT2D eigenvalue weighted by molar-refractivity contribution is 0.251. The van der Waals surface area contributed by atoms with Crippen molar-refractivity contribution in [1.29, 1.82) is 0 Å². The average molecular weight is 371 g/mol. The molecule has 2 heterocycles. The first-order valence-corrected chi connectivity index (χ1v) is 8.93. The van der Waals surface area contributed by atoms with Crippen molar-refractivity contribution >= 4 is 51.4 Å². The third-order valence-electron chi connectivity index (χ3n) is 3.72. The minimum absolute atomic E-state index is 0.255. The molecule has 1 aromatic carbocycles. The Labute approximate surface area is 148 Å². The van der Waals surface area contributed by atoms with E-state index in [0.717, 1.165) is 24.5 Å². The van der Waals surface area contributed by atoms with E-state index in [1.807, 2.05) is 5.38 Å². The maximum absolute atomic E-state index is 12.0. The number of nitrogens with one attached hydrogen (secondary N) is 2. The fourth-order valence-corrected chi connectivity index (χ4v) is 3.66. The van der Waals surface area contributed by atoms with Crippen LogP contribution in [-0.2, 0) is 0 Å². The van der Waals surface area contributed by atoms with Crippen LogP contribution in [0.3, 0.4) is 0 Å². The van der Waals surface area contributed by atoms with Crippen LogP contribution in [0.1, 0.15) is 12.8 Å². The van der Waals surface area contributed by atoms with Crippen LogP contribution < -0.4 is 15.5 Å². The molecule has 1 atom stereocenters. The van der Waals surface area contributed by atoms with Gasteiger partial charge in [-0.15, -0.1) is 11.3 Å². The topological polar surface area (TPSA) is 57.3 Å². The Morgan fingerprint density at radius 2 is 2.26 bits per heavy atom. The summed E-state index contributed by atoms with van der Waals surface area (Å²) in [5.74, 6) is 0. The zero-order chi connectivity index (χ0) is 16.2. The number of benzene rings is 1. The minimum atomic E-state index is -0.255. The van der Waals surface area contributed by atoms with Crippen molar-refractivity contribution in [3.05, 3.63) is 39.8 Å². The number of amides is 2. The lowest BCUT2D eigenvalue weighted by Gasteiger charge is -2.24. The number of rotatable bonds is 4. The van der Waals surface area contributed by atoms with Crippen molar-refractivity contribution in [1.82, 2.24) is 10.3 Å². The van der Waals surface area contributed by atoms with Gasteiger partial charge in [0, 0.05) is 36.4 Å². The van der Waals surface area contributed by atoms with Crippen molar-refractivity contribution in [3.63, 3.8) is 0 Å². The summed E-state index contributed by atoms with van der Waals surface area (Å²) in [5, 5.41) is 9.52. The lowest BCUT2D eigenvalue weighted by atomic mass is 10.2. The number of halogens is 2. The van der Waals surface area contributed by atoms with E-state index < -0.39 is 0 Å². The standard InChI is InChI=1S/C15H16Cl2N4OS/c16-12-4-3-10(8-13(12)17)20-14(22)19-9-11-2-1-6-21(11)15-18-5-7-23-15/h3-5,7-8,11H,1-2,6,9H2,(H2,19,20,22). The SMILES string of the molecule is O=C(NCC1CCCN1c1nccs1)Nc1ccc(Cl)c(Cl)c1. The first kappa shape index (κ1) is 16.4. The van der Waals surface area contributed by atoms with Gasteiger partial charge in [-0.3, -0.25) is 0 Å². The van der Waals surface area contributed by atoms with E-state index in [0.29, 0.717) is 22.3 Å². The molecule has 0 aliphatic carbocycles. The van der Waals surface area contributed by atoms with Crippen LogP contribution in [-0.4, -0.2) is 30.1 Å². The number of hydrogen-bond acceptors (Lipinski definition) is 4. The van der Waals surface area contributed by atoms with Gasteiger partial charge in [-0.2, -0.15) is 0 Å². The fraction of sp³-hybridized carbons (Fsp3) is 0.333. The van der Waals surface area contributed by atoms with Crippen molar-refractivity contribution in [2.45, 2.75) is 18.9 Å². The van der Waals surface area contributed by atoms with Crippen LogP contribution in [0.4, 0.5) is 15.6 Å². The highest BCUT2D eigenvalue weighted by Crippen LogP contribution is 2.27. The molecule has 1 aliphatic heterocycles. The average Bonchev–Trinajstić information content (AvgIpc) is 3.19. The molecule has 23 heavy (non-hydrogen) atoms. The van der Waals surface area contributed by atoms with E-state index in [-0.39, 0.29) is 12.1 Å². The van der Waals surface area contributed by atoms with Gasteiger partial charge in [0.05, 0.1) is 10.0 Å². The molecule has 2 amide bonds. The predicted molar refractivity (Wildman–Crippen MR) is 96.0 cm³/mol. The Hall–Kier alpha value is -1.50. The van der Waals surface area contributed by atoms with E-state index in [1.165, 1.54) is 0 Å². The van der Waals surface area contributed by atoms with Crippen molar-refractivity contribution in [2.75, 3.05) is 23.3 Å². The van der Waals surface area contributed by atoms with Gasteiger partial charge in [0.25, 0.3) is 0 Å². The van der Waals surface area contributed by atoms with Crippen molar-refractivity contribution < 1.29 is 4.79 Å². The molecule has 0 radical (unpaired) electrons. The van der Waals surface area contributed by atoms with E-state index in [2.05, 4.69) is 20.5 Å². The highest BCUT2D eigenvalue weighted by Gasteiger charge is 2.26. The molecule has 0 bridgehead atoms. The number of hydrogen-bond donors (Lipinski definition) is 2. The summed E-state index contributed by atoms with van der Waals surface area (Å²) in [6, 6.07) is 5.02. The zero-order valence-corrected chi connectivity index (χ0v) is 14.6. The summed E-state index contributed by atoms with van der Waals surface area (Å²) in [6.07, 6.45) is 3.97. The molecule has 5 nitrogen and oxygen atoms in total. The van der Waals surface area contributed by atoms with Crippen molar-refractivity contribution in [2.24, 2.45) is 0 Å². The van der Waals surface area contributed by atoms with E-state index in [9.17, 15) is 4.79 Å². The number of nitrogens with zero attached hydrogens (tertiary/aromatic N) is 2. The molecule has 1 fully saturated rings. The largest absolute Gasteiger partial charge is 0.343 e. The fourth-order valence-electron chi connectivity index (χ4n) is 2.62. The third kappa shape index (κ3) is 4.07. The summed E-state index contributed by atoms with van der Waals surface area (Å²) in [6.45, 7) is 1.56. The summed E-state index contributed by atoms with van der Waals surface area (Å²) in [5.41, 5.74) is 0.611. The van der Waals surface area contributed by atoms with Gasteiger partial charge in [-0.25, -0.2) is 9.78 Å². The maximum atomic E-state index is 12.0. The van der Waals surface area contributed by atoms with Gasteiger partial charge in [-0.05, 0) is 31.0 Å². The summed E-state index contributed by atoms with van der Waals surface area (Å²) < 4.78 is 0. The smallest absolute Gasteiger partial charge is 0.319 e. The second-order valence-electron chi connectivity index (χ2n) is 5.27. The molecule has 1 saturated heterocycles. The first-order chi connectivity index (χ1) is 11.1. The van der Waals surface area contributed by atoms with Crippen LogP contribution in [0.5, 0.6) is 0 Å². The van der Waals surface area contributed by atoms with Gasteiger partial charge in [-0.1, -0.05) is 23.2 Å². The molecule has 8 heteroatoms. The second kappa shape index (κ2) is 7.38. The quantitative estimate of drug-likeness (QED) is 0.845. The lowest BCUT2D eigenvalue weighted by Crippen LogP contribution is -2.41. The van der Waals surface area contributed by atoms with Crippen molar-refractivity contribution in [3.8, 4) is 0 Å². The van der Waals surface area contributed by atoms with Crippen LogP contribution in [0, 0.1) is 0 Å². The van der Waals surface area contributed by atoms with E-state index in [1.54, 1.807) is 35.7 Å². The van der Waals surface area contributed by atoms with Gasteiger partial charge in [0.15, 0.2) is 5.13 Å². The summed E-state index contributed by atoms with van der Waals surface area (Å²) >= 11 is 13.4. The third-order valence-corrected chi connectivity index (χ3v) is 5.27. The molecular formula is C15H16Cl2N4OS. The first-order valence-electron chi connectivity index (χ1n) is 7.29. The molecule has 3 rings (SSSR count). The van der Waals surface area contributed by atoms with Crippen LogP contribution in [0.2, 0.25) is 10.0 Å². The highest BCUT2D eigenvalue weighted by molar-refractivity contribution is 7.13. The number of carbonyl (C=O) groups excluding carboxylic acids is 1. The molecule has 0 saturated carbocycles. The second-order valence-corrected chi connectivity index (χ2v) is 6.96. The van der Waals surface area contributed by atoms with Gasteiger partial charge < -0.3 is 15.5 Å². The summed E-state index contributed by atoms with van der Waals surface area (Å²) in [7, 11) is 0. The van der Waals surface area contributed by atoms with E-state index in [4.69, 9.17) is 23.2 Å². The molecule has 0 spiro atoms. The van der Waals surface area contributed by atoms with Crippen LogP contribution >= 0.6 is 34.5 Å². The normalized spacial score (nSPS) is 17.3. The number of urea groups is 1. The molecule has 2 aromatic rings. The minimum Gasteiger partial charge on any atom is -0.343 e. The van der Waals surface area contributed by atoms with Gasteiger partial charge in [0.1, 0.15) is 0 Å².